The zero-order chi connectivity index (χ0) is 21.0. The minimum atomic E-state index is -4.39. The second-order valence-corrected chi connectivity index (χ2v) is 7.89. The summed E-state index contributed by atoms with van der Waals surface area (Å²) in [5.74, 6) is -0.897. The van der Waals surface area contributed by atoms with Gasteiger partial charge in [-0.25, -0.2) is 4.79 Å². The number of halogens is 1. The zero-order valence-corrected chi connectivity index (χ0v) is 16.2. The number of hydrogen-bond donors (Lipinski definition) is 0. The van der Waals surface area contributed by atoms with Crippen molar-refractivity contribution in [3.05, 3.63) is 99.6 Å². The van der Waals surface area contributed by atoms with Crippen LogP contribution in [0.2, 0.25) is 5.02 Å². The standard InChI is InChI=1S/C19H13ClN2O6S/c20-15-6-8-17(9-7-15)22(28-19(23)14-4-2-1-3-5-14)29(26,27)18-12-10-16(11-13-18)21(24)25/h1-13H. The lowest BCUT2D eigenvalue weighted by molar-refractivity contribution is -0.384. The van der Waals surface area contributed by atoms with E-state index < -0.39 is 20.9 Å². The Morgan fingerprint density at radius 1 is 0.931 bits per heavy atom. The molecule has 0 aliphatic rings. The Morgan fingerprint density at radius 3 is 2.07 bits per heavy atom. The zero-order valence-electron chi connectivity index (χ0n) is 14.6. The van der Waals surface area contributed by atoms with Crippen molar-refractivity contribution in [2.75, 3.05) is 4.47 Å². The van der Waals surface area contributed by atoms with E-state index in [9.17, 15) is 23.3 Å². The Hall–Kier alpha value is -3.43. The highest BCUT2D eigenvalue weighted by Crippen LogP contribution is 2.27. The van der Waals surface area contributed by atoms with Crippen LogP contribution in [0, 0.1) is 10.1 Å². The van der Waals surface area contributed by atoms with Gasteiger partial charge in [0, 0.05) is 17.2 Å². The molecule has 0 aliphatic carbocycles. The van der Waals surface area contributed by atoms with E-state index in [1.807, 2.05) is 0 Å². The second-order valence-electron chi connectivity index (χ2n) is 5.70. The van der Waals surface area contributed by atoms with Gasteiger partial charge < -0.3 is 4.84 Å². The molecule has 0 amide bonds. The maximum Gasteiger partial charge on any atom is 0.364 e. The van der Waals surface area contributed by atoms with Crippen molar-refractivity contribution in [3.8, 4) is 0 Å². The van der Waals surface area contributed by atoms with Gasteiger partial charge in [-0.3, -0.25) is 10.1 Å². The van der Waals surface area contributed by atoms with Crippen LogP contribution in [0.3, 0.4) is 0 Å². The Labute approximate surface area is 171 Å². The molecule has 0 atom stereocenters. The fourth-order valence-electron chi connectivity index (χ4n) is 2.34. The molecule has 29 heavy (non-hydrogen) atoms. The molecule has 3 aromatic rings. The molecule has 8 nitrogen and oxygen atoms in total. The van der Waals surface area contributed by atoms with Gasteiger partial charge in [-0.05, 0) is 48.5 Å². The molecule has 0 aliphatic heterocycles. The first-order chi connectivity index (χ1) is 13.8. The van der Waals surface area contributed by atoms with E-state index in [2.05, 4.69) is 0 Å². The third-order valence-corrected chi connectivity index (χ3v) is 5.62. The quantitative estimate of drug-likeness (QED) is 0.426. The molecule has 0 bridgehead atoms. The maximum absolute atomic E-state index is 13.1. The first-order valence-electron chi connectivity index (χ1n) is 8.12. The van der Waals surface area contributed by atoms with E-state index >= 15 is 0 Å². The number of nitro benzene ring substituents is 1. The van der Waals surface area contributed by atoms with Gasteiger partial charge >= 0.3 is 5.97 Å². The topological polar surface area (TPSA) is 107 Å². The van der Waals surface area contributed by atoms with Crippen LogP contribution in [0.4, 0.5) is 11.4 Å². The number of sulfonamides is 1. The van der Waals surface area contributed by atoms with Crippen molar-refractivity contribution in [2.45, 2.75) is 4.90 Å². The van der Waals surface area contributed by atoms with Gasteiger partial charge in [0.05, 0.1) is 21.1 Å². The van der Waals surface area contributed by atoms with Crippen molar-refractivity contribution in [1.29, 1.82) is 0 Å². The van der Waals surface area contributed by atoms with Gasteiger partial charge in [0.25, 0.3) is 15.7 Å². The summed E-state index contributed by atoms with van der Waals surface area (Å²) in [6, 6.07) is 17.7. The fourth-order valence-corrected chi connectivity index (χ4v) is 3.70. The SMILES string of the molecule is O=C(ON(c1ccc(Cl)cc1)S(=O)(=O)c1ccc([N+](=O)[O-])cc1)c1ccccc1. The fraction of sp³-hybridized carbons (Fsp3) is 0. The number of anilines is 1. The number of non-ortho nitro benzene ring substituents is 1. The lowest BCUT2D eigenvalue weighted by Gasteiger charge is -2.22. The molecule has 0 heterocycles. The summed E-state index contributed by atoms with van der Waals surface area (Å²) < 4.78 is 26.7. The molecule has 0 saturated carbocycles. The summed E-state index contributed by atoms with van der Waals surface area (Å²) in [6.07, 6.45) is 0. The molecule has 0 fully saturated rings. The number of rotatable bonds is 6. The predicted molar refractivity (Wildman–Crippen MR) is 106 cm³/mol. The smallest absolute Gasteiger partial charge is 0.320 e. The maximum atomic E-state index is 13.1. The van der Waals surface area contributed by atoms with E-state index in [4.69, 9.17) is 16.4 Å². The number of nitro groups is 1. The monoisotopic (exact) mass is 432 g/mol. The average Bonchev–Trinajstić information content (AvgIpc) is 2.73. The minimum absolute atomic E-state index is 0.0250. The lowest BCUT2D eigenvalue weighted by atomic mass is 10.2. The molecule has 0 radical (unpaired) electrons. The molecular weight excluding hydrogens is 420 g/mol. The Morgan fingerprint density at radius 2 is 1.52 bits per heavy atom. The average molecular weight is 433 g/mol. The van der Waals surface area contributed by atoms with Crippen LogP contribution in [0.1, 0.15) is 10.4 Å². The molecule has 0 saturated heterocycles. The van der Waals surface area contributed by atoms with Crippen LogP contribution in [0.25, 0.3) is 0 Å². The van der Waals surface area contributed by atoms with Crippen molar-refractivity contribution in [1.82, 2.24) is 0 Å². The first-order valence-corrected chi connectivity index (χ1v) is 9.93. The van der Waals surface area contributed by atoms with Gasteiger partial charge in [-0.2, -0.15) is 8.42 Å². The van der Waals surface area contributed by atoms with Gasteiger partial charge in [-0.1, -0.05) is 34.3 Å². The number of carbonyl (C=O) groups is 1. The third kappa shape index (κ3) is 4.53. The summed E-state index contributed by atoms with van der Waals surface area (Å²) in [5, 5.41) is 11.2. The highest BCUT2D eigenvalue weighted by molar-refractivity contribution is 7.92. The Balaban J connectivity index is 2.02. The van der Waals surface area contributed by atoms with Crippen LogP contribution >= 0.6 is 11.6 Å². The number of nitrogens with zero attached hydrogens (tertiary/aromatic N) is 2. The summed E-state index contributed by atoms with van der Waals surface area (Å²) in [6.45, 7) is 0. The van der Waals surface area contributed by atoms with Crippen LogP contribution in [0.15, 0.2) is 83.8 Å². The Kier molecular flexibility index (Phi) is 5.81. The van der Waals surface area contributed by atoms with Crippen molar-refractivity contribution in [3.63, 3.8) is 0 Å². The van der Waals surface area contributed by atoms with Crippen molar-refractivity contribution in [2.24, 2.45) is 0 Å². The molecular formula is C19H13ClN2O6S. The van der Waals surface area contributed by atoms with E-state index in [0.717, 1.165) is 24.3 Å². The molecule has 0 aromatic heterocycles. The molecule has 148 valence electrons. The van der Waals surface area contributed by atoms with Crippen molar-refractivity contribution >= 4 is 39.0 Å². The van der Waals surface area contributed by atoms with Crippen LogP contribution in [-0.2, 0) is 14.9 Å². The van der Waals surface area contributed by atoms with Crippen LogP contribution in [0.5, 0.6) is 0 Å². The van der Waals surface area contributed by atoms with Gasteiger partial charge in [0.1, 0.15) is 0 Å². The van der Waals surface area contributed by atoms with Crippen LogP contribution in [-0.4, -0.2) is 19.3 Å². The molecule has 0 N–H and O–H groups in total. The third-order valence-electron chi connectivity index (χ3n) is 3.78. The van der Waals surface area contributed by atoms with Gasteiger partial charge in [0.2, 0.25) is 0 Å². The summed E-state index contributed by atoms with van der Waals surface area (Å²) in [5.41, 5.74) is -0.106. The van der Waals surface area contributed by atoms with E-state index in [0.29, 0.717) is 9.49 Å². The molecule has 10 heteroatoms. The molecule has 3 rings (SSSR count). The molecule has 0 unspecified atom stereocenters. The first kappa shape index (κ1) is 20.3. The van der Waals surface area contributed by atoms with Crippen LogP contribution < -0.4 is 4.47 Å². The summed E-state index contributed by atoms with van der Waals surface area (Å²) in [7, 11) is -4.39. The summed E-state index contributed by atoms with van der Waals surface area (Å²) in [4.78, 5) is 27.5. The molecule has 0 spiro atoms. The molecule has 3 aromatic carbocycles. The predicted octanol–water partition coefficient (Wildman–Crippen LogP) is 4.22. The summed E-state index contributed by atoms with van der Waals surface area (Å²) >= 11 is 5.86. The lowest BCUT2D eigenvalue weighted by Crippen LogP contribution is -2.33. The normalized spacial score (nSPS) is 10.9. The van der Waals surface area contributed by atoms with E-state index in [-0.39, 0.29) is 21.8 Å². The number of benzene rings is 3. The highest BCUT2D eigenvalue weighted by Gasteiger charge is 2.30. The van der Waals surface area contributed by atoms with Crippen molar-refractivity contribution < 1.29 is 23.0 Å². The van der Waals surface area contributed by atoms with Gasteiger partial charge in [0.15, 0.2) is 0 Å². The van der Waals surface area contributed by atoms with E-state index in [1.54, 1.807) is 18.2 Å². The Bertz CT molecular complexity index is 1130. The largest absolute Gasteiger partial charge is 0.364 e. The van der Waals surface area contributed by atoms with E-state index in [1.165, 1.54) is 36.4 Å². The van der Waals surface area contributed by atoms with Gasteiger partial charge in [-0.15, -0.1) is 0 Å². The second kappa shape index (κ2) is 8.29. The minimum Gasteiger partial charge on any atom is -0.320 e. The number of carbonyl (C=O) groups excluding carboxylic acids is 1. The number of hydrogen-bond acceptors (Lipinski definition) is 6. The highest BCUT2D eigenvalue weighted by atomic mass is 35.5.